The lowest BCUT2D eigenvalue weighted by Gasteiger charge is -2.22. The minimum atomic E-state index is -0.206. The molecule has 0 spiro atoms. The molecule has 0 aromatic carbocycles. The number of carbonyl (C=O) groups is 1. The van der Waals surface area contributed by atoms with Gasteiger partial charge in [-0.05, 0) is 34.6 Å². The van der Waals surface area contributed by atoms with Crippen LogP contribution < -0.4 is 5.32 Å². The molecule has 0 radical (unpaired) electrons. The number of hydrogen-bond donors (Lipinski definition) is 1. The van der Waals surface area contributed by atoms with Crippen LogP contribution in [0.25, 0.3) is 0 Å². The Kier molecular flexibility index (Phi) is 5.14. The Bertz CT molecular complexity index is 494. The summed E-state index contributed by atoms with van der Waals surface area (Å²) in [5, 5.41) is 15.9. The molecule has 0 bridgehead atoms. The van der Waals surface area contributed by atoms with Crippen molar-refractivity contribution in [1.82, 2.24) is 14.7 Å². The van der Waals surface area contributed by atoms with Crippen molar-refractivity contribution in [3.8, 4) is 6.07 Å². The van der Waals surface area contributed by atoms with Gasteiger partial charge in [0.2, 0.25) is 0 Å². The highest BCUT2D eigenvalue weighted by Gasteiger charge is 2.17. The van der Waals surface area contributed by atoms with Crippen molar-refractivity contribution >= 4 is 11.7 Å². The Balaban J connectivity index is 2.70. The highest BCUT2D eigenvalue weighted by molar-refractivity contribution is 5.89. The van der Waals surface area contributed by atoms with E-state index in [-0.39, 0.29) is 17.5 Å². The minimum absolute atomic E-state index is 0.122. The second-order valence-electron chi connectivity index (χ2n) is 5.84. The van der Waals surface area contributed by atoms with Crippen molar-refractivity contribution in [2.75, 3.05) is 18.4 Å². The van der Waals surface area contributed by atoms with Gasteiger partial charge in [0.1, 0.15) is 0 Å². The number of rotatable bonds is 4. The summed E-state index contributed by atoms with van der Waals surface area (Å²) in [5.41, 5.74) is 0.538. The molecule has 6 heteroatoms. The molecule has 0 aliphatic carbocycles. The van der Waals surface area contributed by atoms with E-state index in [1.807, 2.05) is 27.7 Å². The van der Waals surface area contributed by atoms with Crippen LogP contribution in [0.15, 0.2) is 12.4 Å². The molecule has 1 atom stereocenters. The van der Waals surface area contributed by atoms with Gasteiger partial charge in [-0.2, -0.15) is 10.4 Å². The number of nitriles is 1. The Hall–Kier alpha value is -2.03. The van der Waals surface area contributed by atoms with Gasteiger partial charge in [0, 0.05) is 19.3 Å². The van der Waals surface area contributed by atoms with Crippen molar-refractivity contribution < 1.29 is 4.79 Å². The maximum atomic E-state index is 12.1. The van der Waals surface area contributed by atoms with Crippen molar-refractivity contribution in [3.05, 3.63) is 12.4 Å². The molecule has 20 heavy (non-hydrogen) atoms. The van der Waals surface area contributed by atoms with E-state index in [9.17, 15) is 4.79 Å². The zero-order chi connectivity index (χ0) is 15.3. The topological polar surface area (TPSA) is 74.0 Å². The molecule has 0 saturated heterocycles. The van der Waals surface area contributed by atoms with Crippen molar-refractivity contribution in [2.24, 2.45) is 5.92 Å². The Morgan fingerprint density at radius 1 is 1.60 bits per heavy atom. The summed E-state index contributed by atoms with van der Waals surface area (Å²) in [4.78, 5) is 13.7. The average Bonchev–Trinajstić information content (AvgIpc) is 2.83. The second kappa shape index (κ2) is 6.42. The van der Waals surface area contributed by atoms with Gasteiger partial charge >= 0.3 is 6.03 Å². The third kappa shape index (κ3) is 4.26. The summed E-state index contributed by atoms with van der Waals surface area (Å²) in [6.07, 6.45) is 3.43. The van der Waals surface area contributed by atoms with Crippen LogP contribution in [0.2, 0.25) is 0 Å². The maximum absolute atomic E-state index is 12.1. The average molecular weight is 277 g/mol. The first-order valence-corrected chi connectivity index (χ1v) is 6.78. The van der Waals surface area contributed by atoms with E-state index in [4.69, 9.17) is 5.26 Å². The standard InChI is InChI=1S/C14H23N5O/c1-6-18(9-11(2)7-15)13(20)17-12-8-16-19(10-12)14(3,4)5/h8,10-11H,6,9H2,1-5H3,(H,17,20). The highest BCUT2D eigenvalue weighted by atomic mass is 16.2. The van der Waals surface area contributed by atoms with Gasteiger partial charge in [-0.25, -0.2) is 4.79 Å². The highest BCUT2D eigenvalue weighted by Crippen LogP contribution is 2.16. The largest absolute Gasteiger partial charge is 0.324 e. The predicted octanol–water partition coefficient (Wildman–Crippen LogP) is 2.65. The van der Waals surface area contributed by atoms with Gasteiger partial charge in [-0.15, -0.1) is 0 Å². The zero-order valence-electron chi connectivity index (χ0n) is 12.8. The fourth-order valence-electron chi connectivity index (χ4n) is 1.68. The summed E-state index contributed by atoms with van der Waals surface area (Å²) in [5.74, 6) is -0.182. The Labute approximate surface area is 120 Å². The first-order chi connectivity index (χ1) is 9.27. The summed E-state index contributed by atoms with van der Waals surface area (Å²) in [6.45, 7) is 10.8. The SMILES string of the molecule is CCN(CC(C)C#N)C(=O)Nc1cnn(C(C)(C)C)c1. The van der Waals surface area contributed by atoms with Gasteiger partial charge in [-0.3, -0.25) is 4.68 Å². The molecule has 0 aliphatic rings. The molecule has 0 saturated carbocycles. The normalized spacial score (nSPS) is 12.6. The van der Waals surface area contributed by atoms with Gasteiger partial charge in [0.05, 0.1) is 29.4 Å². The molecule has 6 nitrogen and oxygen atoms in total. The monoisotopic (exact) mass is 277 g/mol. The van der Waals surface area contributed by atoms with E-state index < -0.39 is 0 Å². The molecule has 1 heterocycles. The summed E-state index contributed by atoms with van der Waals surface area (Å²) in [6, 6.07) is 1.93. The fraction of sp³-hybridized carbons (Fsp3) is 0.643. The third-order valence-corrected chi connectivity index (χ3v) is 2.90. The van der Waals surface area contributed by atoms with Crippen LogP contribution >= 0.6 is 0 Å². The first kappa shape index (κ1) is 16.0. The minimum Gasteiger partial charge on any atom is -0.324 e. The number of anilines is 1. The molecule has 110 valence electrons. The quantitative estimate of drug-likeness (QED) is 0.919. The zero-order valence-corrected chi connectivity index (χ0v) is 12.8. The fourth-order valence-corrected chi connectivity index (χ4v) is 1.68. The van der Waals surface area contributed by atoms with Gasteiger partial charge in [0.15, 0.2) is 0 Å². The number of aromatic nitrogens is 2. The molecular weight excluding hydrogens is 254 g/mol. The van der Waals surface area contributed by atoms with Crippen LogP contribution in [0, 0.1) is 17.2 Å². The van der Waals surface area contributed by atoms with E-state index in [1.165, 1.54) is 0 Å². The van der Waals surface area contributed by atoms with Gasteiger partial charge < -0.3 is 10.2 Å². The van der Waals surface area contributed by atoms with Crippen LogP contribution in [0.5, 0.6) is 0 Å². The number of hydrogen-bond acceptors (Lipinski definition) is 3. The number of urea groups is 1. The Morgan fingerprint density at radius 2 is 2.25 bits per heavy atom. The van der Waals surface area contributed by atoms with E-state index in [1.54, 1.807) is 28.9 Å². The molecule has 0 aliphatic heterocycles. The van der Waals surface area contributed by atoms with Crippen LogP contribution in [-0.4, -0.2) is 33.8 Å². The smallest absolute Gasteiger partial charge is 0.321 e. The molecule has 1 aromatic heterocycles. The van der Waals surface area contributed by atoms with Gasteiger partial charge in [-0.1, -0.05) is 0 Å². The van der Waals surface area contributed by atoms with Crippen LogP contribution in [0.1, 0.15) is 34.6 Å². The summed E-state index contributed by atoms with van der Waals surface area (Å²) in [7, 11) is 0. The maximum Gasteiger partial charge on any atom is 0.321 e. The van der Waals surface area contributed by atoms with E-state index >= 15 is 0 Å². The Morgan fingerprint density at radius 3 is 2.70 bits per heavy atom. The number of carbonyl (C=O) groups excluding carboxylic acids is 1. The second-order valence-corrected chi connectivity index (χ2v) is 5.84. The van der Waals surface area contributed by atoms with E-state index in [0.29, 0.717) is 18.8 Å². The summed E-state index contributed by atoms with van der Waals surface area (Å²) >= 11 is 0. The summed E-state index contributed by atoms with van der Waals surface area (Å²) < 4.78 is 1.80. The van der Waals surface area contributed by atoms with Crippen molar-refractivity contribution in [1.29, 1.82) is 5.26 Å². The van der Waals surface area contributed by atoms with Crippen LogP contribution in [0.4, 0.5) is 10.5 Å². The van der Waals surface area contributed by atoms with Gasteiger partial charge in [0.25, 0.3) is 0 Å². The molecule has 1 aromatic rings. The van der Waals surface area contributed by atoms with Crippen molar-refractivity contribution in [2.45, 2.75) is 40.2 Å². The van der Waals surface area contributed by atoms with Crippen molar-refractivity contribution in [3.63, 3.8) is 0 Å². The van der Waals surface area contributed by atoms with Crippen LogP contribution in [0.3, 0.4) is 0 Å². The molecule has 1 N–H and O–H groups in total. The molecular formula is C14H23N5O. The van der Waals surface area contributed by atoms with E-state index in [0.717, 1.165) is 0 Å². The molecule has 1 unspecified atom stereocenters. The number of nitrogens with zero attached hydrogens (tertiary/aromatic N) is 4. The molecule has 1 rings (SSSR count). The lowest BCUT2D eigenvalue weighted by molar-refractivity contribution is 0.210. The lowest BCUT2D eigenvalue weighted by atomic mass is 10.1. The first-order valence-electron chi connectivity index (χ1n) is 6.78. The van der Waals surface area contributed by atoms with E-state index in [2.05, 4.69) is 16.5 Å². The third-order valence-electron chi connectivity index (χ3n) is 2.90. The number of nitrogens with one attached hydrogen (secondary N) is 1. The molecule has 2 amide bonds. The van der Waals surface area contributed by atoms with Crippen LogP contribution in [-0.2, 0) is 5.54 Å². The lowest BCUT2D eigenvalue weighted by Crippen LogP contribution is -2.37. The predicted molar refractivity (Wildman–Crippen MR) is 78.3 cm³/mol. The molecule has 0 fully saturated rings. The number of amides is 2.